The summed E-state index contributed by atoms with van der Waals surface area (Å²) in [6.45, 7) is 7.78. The van der Waals surface area contributed by atoms with Gasteiger partial charge in [0.25, 0.3) is 10.1 Å². The van der Waals surface area contributed by atoms with Crippen molar-refractivity contribution in [1.29, 1.82) is 0 Å². The van der Waals surface area contributed by atoms with Crippen molar-refractivity contribution in [2.24, 2.45) is 11.8 Å². The lowest BCUT2D eigenvalue weighted by molar-refractivity contribution is 0.111. The van der Waals surface area contributed by atoms with Crippen LogP contribution in [-0.2, 0) is 14.3 Å². The molecule has 0 rings (SSSR count). The van der Waals surface area contributed by atoms with Crippen LogP contribution in [0.5, 0.6) is 0 Å². The van der Waals surface area contributed by atoms with Crippen LogP contribution in [0.2, 0.25) is 0 Å². The van der Waals surface area contributed by atoms with Gasteiger partial charge in [-0.15, -0.1) is 0 Å². The van der Waals surface area contributed by atoms with Crippen LogP contribution in [0.15, 0.2) is 11.6 Å². The molecular formula is C13H26O4S. The Labute approximate surface area is 111 Å². The van der Waals surface area contributed by atoms with Gasteiger partial charge in [0.1, 0.15) is 0 Å². The zero-order valence-corrected chi connectivity index (χ0v) is 12.8. The van der Waals surface area contributed by atoms with Crippen molar-refractivity contribution in [2.75, 3.05) is 12.9 Å². The molecule has 0 aliphatic carbocycles. The minimum absolute atomic E-state index is 0.0158. The first-order valence-corrected chi connectivity index (χ1v) is 8.19. The van der Waals surface area contributed by atoms with Gasteiger partial charge in [0.15, 0.2) is 0 Å². The van der Waals surface area contributed by atoms with Gasteiger partial charge >= 0.3 is 0 Å². The highest BCUT2D eigenvalue weighted by molar-refractivity contribution is 7.86. The third-order valence-corrected chi connectivity index (χ3v) is 3.48. The highest BCUT2D eigenvalue weighted by Gasteiger charge is 2.26. The molecule has 0 aliphatic rings. The first-order valence-electron chi connectivity index (χ1n) is 6.37. The number of hydrogen-bond acceptors (Lipinski definition) is 4. The minimum atomic E-state index is -3.47. The molecule has 0 unspecified atom stereocenters. The van der Waals surface area contributed by atoms with Gasteiger partial charge in [-0.25, -0.2) is 0 Å². The molecular weight excluding hydrogens is 252 g/mol. The van der Waals surface area contributed by atoms with Crippen molar-refractivity contribution >= 4 is 10.1 Å². The van der Waals surface area contributed by atoms with E-state index in [1.165, 1.54) is 0 Å². The molecule has 0 saturated carbocycles. The second kappa shape index (κ2) is 7.92. The van der Waals surface area contributed by atoms with E-state index in [4.69, 9.17) is 9.29 Å². The third-order valence-electron chi connectivity index (χ3n) is 2.91. The molecule has 0 aromatic heterocycles. The normalized spacial score (nSPS) is 18.4. The molecule has 0 spiro atoms. The fourth-order valence-electron chi connectivity index (χ4n) is 2.12. The molecule has 0 aromatic rings. The minimum Gasteiger partial charge on any atom is -0.392 e. The highest BCUT2D eigenvalue weighted by atomic mass is 32.2. The summed E-state index contributed by atoms with van der Waals surface area (Å²) < 4.78 is 27.8. The van der Waals surface area contributed by atoms with Gasteiger partial charge < -0.3 is 5.11 Å². The lowest BCUT2D eigenvalue weighted by Crippen LogP contribution is -2.30. The molecule has 1 N–H and O–H groups in total. The molecule has 0 aromatic carbocycles. The fourth-order valence-corrected chi connectivity index (χ4v) is 2.89. The number of aliphatic hydroxyl groups excluding tert-OH is 1. The number of rotatable bonds is 8. The van der Waals surface area contributed by atoms with Crippen LogP contribution in [0.25, 0.3) is 0 Å². The van der Waals surface area contributed by atoms with E-state index in [-0.39, 0.29) is 24.5 Å². The van der Waals surface area contributed by atoms with E-state index in [1.54, 1.807) is 0 Å². The maximum absolute atomic E-state index is 11.3. The summed E-state index contributed by atoms with van der Waals surface area (Å²) >= 11 is 0. The summed E-state index contributed by atoms with van der Waals surface area (Å²) in [6.07, 6.45) is 4.48. The van der Waals surface area contributed by atoms with Gasteiger partial charge in [-0.05, 0) is 19.3 Å². The lowest BCUT2D eigenvalue weighted by atomic mass is 9.89. The van der Waals surface area contributed by atoms with E-state index in [2.05, 4.69) is 6.92 Å². The van der Waals surface area contributed by atoms with Crippen molar-refractivity contribution in [3.8, 4) is 0 Å². The van der Waals surface area contributed by atoms with Gasteiger partial charge in [-0.3, -0.25) is 4.18 Å². The average Bonchev–Trinajstić information content (AvgIpc) is 2.24. The van der Waals surface area contributed by atoms with Crippen molar-refractivity contribution in [1.82, 2.24) is 0 Å². The van der Waals surface area contributed by atoms with E-state index in [0.29, 0.717) is 0 Å². The van der Waals surface area contributed by atoms with Crippen molar-refractivity contribution in [3.63, 3.8) is 0 Å². The Morgan fingerprint density at radius 1 is 1.39 bits per heavy atom. The van der Waals surface area contributed by atoms with Crippen molar-refractivity contribution < 1.29 is 17.7 Å². The van der Waals surface area contributed by atoms with Crippen LogP contribution in [0, 0.1) is 11.8 Å². The van der Waals surface area contributed by atoms with Crippen molar-refractivity contribution in [2.45, 2.75) is 46.6 Å². The third kappa shape index (κ3) is 7.13. The Balaban J connectivity index is 4.96. The van der Waals surface area contributed by atoms with Crippen LogP contribution < -0.4 is 0 Å². The predicted octanol–water partition coefficient (Wildman–Crippen LogP) is 2.34. The maximum Gasteiger partial charge on any atom is 0.264 e. The Morgan fingerprint density at radius 3 is 2.33 bits per heavy atom. The van der Waals surface area contributed by atoms with Gasteiger partial charge in [-0.1, -0.05) is 38.8 Å². The SMILES string of the molecule is CCC[C@H](C)[C@@H](OS(C)(=O)=O)[C@H](C)/C=C(\C)CO. The zero-order valence-electron chi connectivity index (χ0n) is 12.0. The van der Waals surface area contributed by atoms with E-state index >= 15 is 0 Å². The van der Waals surface area contributed by atoms with Crippen LogP contribution in [0.3, 0.4) is 0 Å². The molecule has 0 fully saturated rings. The van der Waals surface area contributed by atoms with Gasteiger partial charge in [0.2, 0.25) is 0 Å². The standard InChI is InChI=1S/C13H26O4S/c1-6-7-11(3)13(17-18(5,15)16)12(4)8-10(2)9-14/h8,11-14H,6-7,9H2,1-5H3/b10-8+/t11-,12+,13+/m0/s1. The van der Waals surface area contributed by atoms with Crippen LogP contribution in [0.1, 0.15) is 40.5 Å². The summed E-state index contributed by atoms with van der Waals surface area (Å²) in [5.41, 5.74) is 0.827. The zero-order chi connectivity index (χ0) is 14.3. The molecule has 0 radical (unpaired) electrons. The summed E-state index contributed by atoms with van der Waals surface area (Å²) in [6, 6.07) is 0. The van der Waals surface area contributed by atoms with Gasteiger partial charge in [0.05, 0.1) is 19.0 Å². The van der Waals surface area contributed by atoms with Crippen LogP contribution >= 0.6 is 0 Å². The first-order chi connectivity index (χ1) is 8.21. The average molecular weight is 278 g/mol. The topological polar surface area (TPSA) is 63.6 Å². The molecule has 3 atom stereocenters. The van der Waals surface area contributed by atoms with Crippen LogP contribution in [0.4, 0.5) is 0 Å². The molecule has 4 nitrogen and oxygen atoms in total. The molecule has 0 heterocycles. The summed E-state index contributed by atoms with van der Waals surface area (Å²) in [4.78, 5) is 0. The molecule has 0 amide bonds. The first kappa shape index (κ1) is 17.6. The Kier molecular flexibility index (Phi) is 7.75. The predicted molar refractivity (Wildman–Crippen MR) is 73.8 cm³/mol. The lowest BCUT2D eigenvalue weighted by Gasteiger charge is -2.27. The van der Waals surface area contributed by atoms with Gasteiger partial charge in [0, 0.05) is 5.92 Å². The van der Waals surface area contributed by atoms with Gasteiger partial charge in [-0.2, -0.15) is 8.42 Å². The summed E-state index contributed by atoms with van der Waals surface area (Å²) in [5, 5.41) is 9.01. The largest absolute Gasteiger partial charge is 0.392 e. The molecule has 18 heavy (non-hydrogen) atoms. The van der Waals surface area contributed by atoms with Crippen molar-refractivity contribution in [3.05, 3.63) is 11.6 Å². The Morgan fingerprint density at radius 2 is 1.94 bits per heavy atom. The molecule has 0 bridgehead atoms. The van der Waals surface area contributed by atoms with E-state index in [9.17, 15) is 8.42 Å². The Hall–Kier alpha value is -0.390. The summed E-state index contributed by atoms with van der Waals surface area (Å²) in [5.74, 6) is 0.107. The van der Waals surface area contributed by atoms with E-state index in [0.717, 1.165) is 24.7 Å². The smallest absolute Gasteiger partial charge is 0.264 e. The Bertz CT molecular complexity index is 359. The molecule has 5 heteroatoms. The fraction of sp³-hybridized carbons (Fsp3) is 0.846. The summed E-state index contributed by atoms with van der Waals surface area (Å²) in [7, 11) is -3.47. The maximum atomic E-state index is 11.3. The van der Waals surface area contributed by atoms with E-state index < -0.39 is 10.1 Å². The monoisotopic (exact) mass is 278 g/mol. The second-order valence-corrected chi connectivity index (χ2v) is 6.66. The quantitative estimate of drug-likeness (QED) is 0.547. The number of hydrogen-bond donors (Lipinski definition) is 1. The second-order valence-electron chi connectivity index (χ2n) is 5.06. The highest BCUT2D eigenvalue weighted by Crippen LogP contribution is 2.24. The number of aliphatic hydroxyl groups is 1. The molecule has 108 valence electrons. The molecule has 0 saturated heterocycles. The van der Waals surface area contributed by atoms with E-state index in [1.807, 2.05) is 26.8 Å². The van der Waals surface area contributed by atoms with Crippen LogP contribution in [-0.4, -0.2) is 32.5 Å². The molecule has 0 aliphatic heterocycles.